The first-order valence-corrected chi connectivity index (χ1v) is 9.90. The van der Waals surface area contributed by atoms with Crippen LogP contribution >= 0.6 is 11.6 Å². The molecule has 2 heterocycles. The van der Waals surface area contributed by atoms with E-state index >= 15 is 0 Å². The molecule has 158 valence electrons. The molecule has 9 heteroatoms. The summed E-state index contributed by atoms with van der Waals surface area (Å²) in [5, 5.41) is 3.62. The van der Waals surface area contributed by atoms with Crippen LogP contribution in [0.3, 0.4) is 0 Å². The van der Waals surface area contributed by atoms with Gasteiger partial charge in [-0.2, -0.15) is 0 Å². The van der Waals surface area contributed by atoms with Gasteiger partial charge in [0.2, 0.25) is 5.91 Å². The molecule has 2 amide bonds. The maximum Gasteiger partial charge on any atom is 0.414 e. The number of carbonyl (C=O) groups excluding carboxylic acids is 3. The van der Waals surface area contributed by atoms with Crippen LogP contribution in [0.5, 0.6) is 0 Å². The van der Waals surface area contributed by atoms with Crippen molar-refractivity contribution in [3.8, 4) is 0 Å². The molecule has 0 unspecified atom stereocenters. The van der Waals surface area contributed by atoms with Gasteiger partial charge in [-0.05, 0) is 42.5 Å². The number of cyclic esters (lactones) is 1. The fourth-order valence-electron chi connectivity index (χ4n) is 3.46. The average Bonchev–Trinajstić information content (AvgIpc) is 3.12. The number of fused-ring (bicyclic) bond motifs is 1. The molecule has 4 rings (SSSR count). The number of benzene rings is 2. The molecule has 1 fully saturated rings. The van der Waals surface area contributed by atoms with E-state index in [0.29, 0.717) is 21.6 Å². The number of nitrogens with zero attached hydrogens (tertiary/aromatic N) is 2. The topological polar surface area (TPSA) is 97.7 Å². The van der Waals surface area contributed by atoms with Crippen LogP contribution in [0.25, 0.3) is 10.9 Å². The number of nitrogens with one attached hydrogen (secondary N) is 1. The highest BCUT2D eigenvalue weighted by molar-refractivity contribution is 6.31. The van der Waals surface area contributed by atoms with E-state index in [9.17, 15) is 19.2 Å². The van der Waals surface area contributed by atoms with Crippen LogP contribution in [0.4, 0.5) is 10.5 Å². The fourth-order valence-corrected chi connectivity index (χ4v) is 3.65. The van der Waals surface area contributed by atoms with Crippen LogP contribution in [0.15, 0.2) is 59.4 Å². The standard InChI is InChI=1S/C22H18ClN3O5/c1-13(27)24-11-18-12-25(22(30)31-18)17-6-7-19-14(10-17)5-8-20(28)26(19)21(29)15-3-2-4-16(23)9-15/h2-10,18H,11-12H2,1H3,(H,24,27)/t18-/m0/s1. The lowest BCUT2D eigenvalue weighted by molar-refractivity contribution is -0.119. The predicted octanol–water partition coefficient (Wildman–Crippen LogP) is 2.80. The van der Waals surface area contributed by atoms with Gasteiger partial charge in [0, 0.05) is 34.6 Å². The molecule has 3 aromatic rings. The average molecular weight is 440 g/mol. The predicted molar refractivity (Wildman–Crippen MR) is 116 cm³/mol. The third kappa shape index (κ3) is 4.15. The van der Waals surface area contributed by atoms with Gasteiger partial charge in [0.15, 0.2) is 0 Å². The largest absolute Gasteiger partial charge is 0.442 e. The first kappa shape index (κ1) is 20.6. The number of amides is 2. The molecule has 0 spiro atoms. The van der Waals surface area contributed by atoms with Crippen molar-refractivity contribution in [1.29, 1.82) is 0 Å². The molecule has 1 saturated heterocycles. The minimum Gasteiger partial charge on any atom is -0.442 e. The summed E-state index contributed by atoms with van der Waals surface area (Å²) in [6, 6.07) is 14.2. The molecule has 0 saturated carbocycles. The van der Waals surface area contributed by atoms with Crippen LogP contribution in [-0.4, -0.2) is 41.7 Å². The van der Waals surface area contributed by atoms with Crippen molar-refractivity contribution in [3.63, 3.8) is 0 Å². The Morgan fingerprint density at radius 2 is 1.94 bits per heavy atom. The van der Waals surface area contributed by atoms with Crippen molar-refractivity contribution in [1.82, 2.24) is 9.88 Å². The fraction of sp³-hybridized carbons (Fsp3) is 0.182. The number of aromatic nitrogens is 1. The zero-order chi connectivity index (χ0) is 22.1. The number of pyridine rings is 1. The van der Waals surface area contributed by atoms with Crippen molar-refractivity contribution in [2.24, 2.45) is 0 Å². The minimum absolute atomic E-state index is 0.206. The molecule has 1 aliphatic heterocycles. The number of hydrogen-bond acceptors (Lipinski definition) is 5. The number of halogens is 1. The zero-order valence-corrected chi connectivity index (χ0v) is 17.3. The summed E-state index contributed by atoms with van der Waals surface area (Å²) in [4.78, 5) is 50.3. The van der Waals surface area contributed by atoms with Gasteiger partial charge in [-0.1, -0.05) is 17.7 Å². The molecule has 0 bridgehead atoms. The van der Waals surface area contributed by atoms with Crippen molar-refractivity contribution in [2.75, 3.05) is 18.0 Å². The Balaban J connectivity index is 1.68. The van der Waals surface area contributed by atoms with Crippen LogP contribution in [-0.2, 0) is 9.53 Å². The molecule has 1 aromatic heterocycles. The quantitative estimate of drug-likeness (QED) is 0.674. The highest BCUT2D eigenvalue weighted by Gasteiger charge is 2.32. The third-order valence-electron chi connectivity index (χ3n) is 4.92. The first-order valence-electron chi connectivity index (χ1n) is 9.52. The second-order valence-electron chi connectivity index (χ2n) is 7.12. The molecule has 31 heavy (non-hydrogen) atoms. The summed E-state index contributed by atoms with van der Waals surface area (Å²) in [5.74, 6) is -0.704. The van der Waals surface area contributed by atoms with E-state index in [1.165, 1.54) is 24.0 Å². The number of ether oxygens (including phenoxy) is 1. The zero-order valence-electron chi connectivity index (χ0n) is 16.5. The lowest BCUT2D eigenvalue weighted by Crippen LogP contribution is -2.33. The maximum absolute atomic E-state index is 13.0. The van der Waals surface area contributed by atoms with Crippen LogP contribution in [0, 0.1) is 0 Å². The second-order valence-corrected chi connectivity index (χ2v) is 7.56. The third-order valence-corrected chi connectivity index (χ3v) is 5.15. The summed E-state index contributed by atoms with van der Waals surface area (Å²) in [7, 11) is 0. The molecular weight excluding hydrogens is 422 g/mol. The van der Waals surface area contributed by atoms with E-state index in [1.54, 1.807) is 42.5 Å². The number of rotatable bonds is 4. The molecule has 1 N–H and O–H groups in total. The number of carbonyl (C=O) groups is 3. The van der Waals surface area contributed by atoms with Gasteiger partial charge >= 0.3 is 6.09 Å². The summed E-state index contributed by atoms with van der Waals surface area (Å²) in [6.45, 7) is 1.88. The molecule has 2 aromatic carbocycles. The summed E-state index contributed by atoms with van der Waals surface area (Å²) in [6.07, 6.45) is -0.997. The Kier molecular flexibility index (Phi) is 5.48. The first-order chi connectivity index (χ1) is 14.8. The number of hydrogen-bond donors (Lipinski definition) is 1. The van der Waals surface area contributed by atoms with E-state index in [1.807, 2.05) is 0 Å². The van der Waals surface area contributed by atoms with E-state index in [-0.39, 0.29) is 24.6 Å². The van der Waals surface area contributed by atoms with Crippen LogP contribution < -0.4 is 15.8 Å². The van der Waals surface area contributed by atoms with Gasteiger partial charge < -0.3 is 10.1 Å². The van der Waals surface area contributed by atoms with Crippen molar-refractivity contribution < 1.29 is 19.1 Å². The van der Waals surface area contributed by atoms with Crippen molar-refractivity contribution >= 4 is 46.1 Å². The van der Waals surface area contributed by atoms with Gasteiger partial charge in [-0.3, -0.25) is 19.3 Å². The van der Waals surface area contributed by atoms with E-state index in [4.69, 9.17) is 16.3 Å². The van der Waals surface area contributed by atoms with Crippen molar-refractivity contribution in [3.05, 3.63) is 75.5 Å². The SMILES string of the molecule is CC(=O)NC[C@H]1CN(c2ccc3c(ccc(=O)n3C(=O)c3cccc(Cl)c3)c2)C(=O)O1. The highest BCUT2D eigenvalue weighted by Crippen LogP contribution is 2.26. The van der Waals surface area contributed by atoms with Crippen LogP contribution in [0.1, 0.15) is 17.3 Å². The Morgan fingerprint density at radius 3 is 2.68 bits per heavy atom. The molecule has 1 atom stereocenters. The van der Waals surface area contributed by atoms with Gasteiger partial charge in [0.25, 0.3) is 11.5 Å². The van der Waals surface area contributed by atoms with Crippen LogP contribution in [0.2, 0.25) is 5.02 Å². The van der Waals surface area contributed by atoms with Gasteiger partial charge in [-0.15, -0.1) is 0 Å². The van der Waals surface area contributed by atoms with Gasteiger partial charge in [-0.25, -0.2) is 9.36 Å². The Hall–Kier alpha value is -3.65. The second kappa shape index (κ2) is 8.23. The maximum atomic E-state index is 13.0. The summed E-state index contributed by atoms with van der Waals surface area (Å²) in [5.41, 5.74) is 0.781. The smallest absolute Gasteiger partial charge is 0.414 e. The molecule has 8 nitrogen and oxygen atoms in total. The lowest BCUT2D eigenvalue weighted by Gasteiger charge is -2.15. The summed E-state index contributed by atoms with van der Waals surface area (Å²) >= 11 is 5.98. The van der Waals surface area contributed by atoms with Gasteiger partial charge in [0.1, 0.15) is 6.10 Å². The number of anilines is 1. The molecular formula is C22H18ClN3O5. The Morgan fingerprint density at radius 1 is 1.13 bits per heavy atom. The monoisotopic (exact) mass is 439 g/mol. The highest BCUT2D eigenvalue weighted by atomic mass is 35.5. The lowest BCUT2D eigenvalue weighted by atomic mass is 10.1. The molecule has 0 aliphatic carbocycles. The Bertz CT molecular complexity index is 1270. The van der Waals surface area contributed by atoms with E-state index < -0.39 is 23.7 Å². The van der Waals surface area contributed by atoms with E-state index in [2.05, 4.69) is 5.32 Å². The normalized spacial score (nSPS) is 15.7. The van der Waals surface area contributed by atoms with Crippen molar-refractivity contribution in [2.45, 2.75) is 13.0 Å². The summed E-state index contributed by atoms with van der Waals surface area (Å²) < 4.78 is 6.37. The van der Waals surface area contributed by atoms with E-state index in [0.717, 1.165) is 4.57 Å². The van der Waals surface area contributed by atoms with Gasteiger partial charge in [0.05, 0.1) is 18.6 Å². The molecule has 0 radical (unpaired) electrons. The molecule has 1 aliphatic rings. The Labute approximate surface area is 182 Å². The minimum atomic E-state index is -0.530.